The number of rotatable bonds is 24. The number of carbonyl (C=O) groups is 6. The first-order chi connectivity index (χ1) is 41.8. The van der Waals surface area contributed by atoms with Crippen LogP contribution in [0.3, 0.4) is 0 Å². The summed E-state index contributed by atoms with van der Waals surface area (Å²) >= 11 is 0. The number of ether oxygens (including phenoxy) is 4. The number of nitrogen functional groups attached to an aromatic ring is 1. The molecule has 5 N–H and O–H groups in total. The van der Waals surface area contributed by atoms with Crippen molar-refractivity contribution in [2.45, 2.75) is 83.3 Å². The summed E-state index contributed by atoms with van der Waals surface area (Å²) in [5, 5.41) is 13.6. The first-order valence-electron chi connectivity index (χ1n) is 27.3. The number of anilines is 1. The molecule has 0 saturated carbocycles. The highest BCUT2D eigenvalue weighted by Crippen LogP contribution is 2.35. The average Bonchev–Trinajstić information content (AvgIpc) is 2.15. The minimum atomic E-state index is -1.15. The van der Waals surface area contributed by atoms with Gasteiger partial charge in [0.2, 0.25) is 23.6 Å². The predicted octanol–water partition coefficient (Wildman–Crippen LogP) is 5.16. The molecule has 0 fully saturated rings. The monoisotopic (exact) mass is 1190 g/mol. The van der Waals surface area contributed by atoms with Crippen LogP contribution < -0.4 is 37.0 Å². The number of ketones is 1. The van der Waals surface area contributed by atoms with Crippen molar-refractivity contribution >= 4 is 64.2 Å². The highest BCUT2D eigenvalue weighted by atomic mass is 16.5. The number of carboxylic acid groups (broad SMARTS) is 1. The lowest BCUT2D eigenvalue weighted by molar-refractivity contribution is -0.139. The van der Waals surface area contributed by atoms with E-state index in [9.17, 15) is 38.4 Å². The maximum Gasteiger partial charge on any atom is 0.407 e. The van der Waals surface area contributed by atoms with Gasteiger partial charge in [-0.3, -0.25) is 24.0 Å². The van der Waals surface area contributed by atoms with Crippen molar-refractivity contribution in [3.63, 3.8) is 0 Å². The number of aliphatic carboxylic acids is 1. The second-order valence-electron chi connectivity index (χ2n) is 19.9. The Balaban J connectivity index is 0.000000232. The molecule has 2 aliphatic heterocycles. The number of carbonyl (C=O) groups excluding carboxylic acids is 5. The van der Waals surface area contributed by atoms with Gasteiger partial charge in [-0.05, 0) is 67.2 Å². The van der Waals surface area contributed by atoms with Crippen LogP contribution in [0.15, 0.2) is 154 Å². The first kappa shape index (κ1) is 65.5. The van der Waals surface area contributed by atoms with Gasteiger partial charge in [-0.15, -0.1) is 0 Å². The molecule has 2 aliphatic rings. The van der Waals surface area contributed by atoms with E-state index in [1.54, 1.807) is 77.0 Å². The highest BCUT2D eigenvalue weighted by Gasteiger charge is 2.26. The Hall–Kier alpha value is -10.7. The third-order valence-electron chi connectivity index (χ3n) is 13.0. The molecule has 2 aromatic carbocycles. The van der Waals surface area contributed by atoms with E-state index in [0.29, 0.717) is 80.0 Å². The van der Waals surface area contributed by atoms with E-state index in [2.05, 4.69) is 50.0 Å². The van der Waals surface area contributed by atoms with Crippen LogP contribution in [0, 0.1) is 0 Å². The number of methoxy groups -OCH3 is 2. The van der Waals surface area contributed by atoms with Crippen molar-refractivity contribution in [2.75, 3.05) is 48.1 Å². The van der Waals surface area contributed by atoms with Crippen molar-refractivity contribution in [1.29, 1.82) is 0 Å². The Labute approximate surface area is 501 Å². The molecule has 0 spiro atoms. The lowest BCUT2D eigenvalue weighted by Crippen LogP contribution is -2.42. The van der Waals surface area contributed by atoms with Gasteiger partial charge in [-0.25, -0.2) is 34.3 Å². The Bertz CT molecular complexity index is 3620. The number of aromatic nitrogens is 6. The van der Waals surface area contributed by atoms with Crippen molar-refractivity contribution in [2.24, 2.45) is 9.98 Å². The van der Waals surface area contributed by atoms with Gasteiger partial charge in [0.15, 0.2) is 5.78 Å². The molecule has 0 saturated heterocycles. The molecule has 87 heavy (non-hydrogen) atoms. The topological polar surface area (TPSA) is 336 Å². The molecule has 2 atom stereocenters. The first-order valence-corrected chi connectivity index (χ1v) is 27.3. The molecule has 6 heterocycles. The number of carboxylic acids is 1. The molecule has 0 aliphatic carbocycles. The summed E-state index contributed by atoms with van der Waals surface area (Å²) in [5.41, 5.74) is 11.9. The molecule has 8 rings (SSSR count). The number of alkyl carbamates (subject to hydrolysis) is 2. The molecule has 0 radical (unpaired) electrons. The SMILES string of the molecule is COC(=O)N[C@@H](CC/C=C/C(=O)N(C)C)C(=O)Cc1cccn(CC2=Nc3c(ncnc3OCc3ccccc3)C2)c1=O.COC(=O)N[C@@H](CC/C=C/C(=O)N(C)C)C(=O)O.Nc1cccn(CC2=Nc3c(ncnc3OCc3ccccc3)C2)c1=O. The van der Waals surface area contributed by atoms with E-state index in [0.717, 1.165) is 29.6 Å². The van der Waals surface area contributed by atoms with Crippen LogP contribution in [0.5, 0.6) is 11.8 Å². The van der Waals surface area contributed by atoms with Crippen molar-refractivity contribution in [3.05, 3.63) is 183 Å². The molecule has 26 heteroatoms. The number of hydrogen-bond donors (Lipinski definition) is 4. The third kappa shape index (κ3) is 20.3. The minimum Gasteiger partial charge on any atom is -0.480 e. The Morgan fingerprint density at radius 3 is 1.53 bits per heavy atom. The van der Waals surface area contributed by atoms with Gasteiger partial charge in [0.25, 0.3) is 11.1 Å². The van der Waals surface area contributed by atoms with E-state index in [1.807, 2.05) is 60.7 Å². The zero-order valence-corrected chi connectivity index (χ0v) is 49.0. The van der Waals surface area contributed by atoms with Gasteiger partial charge >= 0.3 is 18.2 Å². The van der Waals surface area contributed by atoms with Gasteiger partial charge in [0, 0.05) is 76.8 Å². The quantitative estimate of drug-likeness (QED) is 0.0569. The summed E-state index contributed by atoms with van der Waals surface area (Å²) in [6, 6.07) is 24.3. The molecule has 456 valence electrons. The summed E-state index contributed by atoms with van der Waals surface area (Å²) in [6.07, 6.45) is 12.6. The number of nitrogens with two attached hydrogens (primary N) is 1. The normalized spacial score (nSPS) is 12.5. The van der Waals surface area contributed by atoms with Crippen LogP contribution in [-0.4, -0.2) is 146 Å². The second-order valence-corrected chi connectivity index (χ2v) is 19.9. The minimum absolute atomic E-state index is 0.178. The number of aliphatic imine (C=N–C) groups is 2. The Morgan fingerprint density at radius 2 is 1.07 bits per heavy atom. The van der Waals surface area contributed by atoms with Crippen LogP contribution >= 0.6 is 0 Å². The van der Waals surface area contributed by atoms with Crippen molar-refractivity contribution in [3.8, 4) is 11.8 Å². The van der Waals surface area contributed by atoms with E-state index in [1.165, 1.54) is 50.9 Å². The van der Waals surface area contributed by atoms with Gasteiger partial charge in [0.05, 0.1) is 50.4 Å². The average molecular weight is 1190 g/mol. The zero-order valence-electron chi connectivity index (χ0n) is 49.0. The summed E-state index contributed by atoms with van der Waals surface area (Å²) < 4.78 is 23.8. The summed E-state index contributed by atoms with van der Waals surface area (Å²) in [7, 11) is 8.86. The molecular formula is C61H69N13O13. The number of allylic oxidation sites excluding steroid dienone is 2. The maximum atomic E-state index is 13.3. The van der Waals surface area contributed by atoms with Gasteiger partial charge < -0.3 is 59.4 Å². The van der Waals surface area contributed by atoms with Gasteiger partial charge in [-0.1, -0.05) is 78.9 Å². The number of likely N-dealkylation sites (N-methyl/N-ethyl adjacent to an activating group) is 2. The maximum absolute atomic E-state index is 13.3. The fraction of sp³-hybridized carbons (Fsp3) is 0.311. The molecule has 6 aromatic rings. The molecule has 4 aromatic heterocycles. The Morgan fingerprint density at radius 1 is 0.621 bits per heavy atom. The van der Waals surface area contributed by atoms with E-state index in [-0.39, 0.29) is 65.8 Å². The Kier molecular flexibility index (Phi) is 24.8. The van der Waals surface area contributed by atoms with E-state index in [4.69, 9.17) is 20.3 Å². The summed E-state index contributed by atoms with van der Waals surface area (Å²) in [6.45, 7) is 1.30. The highest BCUT2D eigenvalue weighted by molar-refractivity contribution is 5.95. The van der Waals surface area contributed by atoms with Crippen LogP contribution in [0.25, 0.3) is 0 Å². The largest absolute Gasteiger partial charge is 0.480 e. The zero-order chi connectivity index (χ0) is 62.8. The number of fused-ring (bicyclic) bond motifs is 2. The summed E-state index contributed by atoms with van der Waals surface area (Å²) in [4.78, 5) is 124. The van der Waals surface area contributed by atoms with Crippen LogP contribution in [0.4, 0.5) is 26.7 Å². The number of nitrogens with zero attached hydrogens (tertiary/aromatic N) is 10. The molecule has 0 unspecified atom stereocenters. The van der Waals surface area contributed by atoms with Crippen LogP contribution in [0.2, 0.25) is 0 Å². The number of Topliss-reactive ketones (excluding diaryl/α,β-unsaturated/α-hetero) is 1. The standard InChI is InChI=1S/C31H34N6O6.C19H17N5O2.C11H18N2O5/c1-36(2)27(39)14-8-7-13-24(35-31(41)42-3)26(38)16-22-12-9-15-37(30(22)40)18-23-17-25-28(34-23)29(33-20-32-25)43-19-21-10-5-4-6-11-21;20-15-7-4-8-24(19(15)25)10-14-9-16-17(23-14)18(22-12-21-16)26-11-13-5-2-1-3-6-13;1-13(2)9(14)7-5-4-6-8(10(15)16)12-11(17)18-3/h4-6,8-12,14-15,20,24H,7,13,16-19H2,1-3H3,(H,35,41);1-8,12H,9-11,20H2;5,7-8H,4,6H2,1-3H3,(H,12,17)(H,15,16)/b14-8+;;7-5+/t24-;;8-/m0.0/s1. The second kappa shape index (κ2) is 33.0. The fourth-order valence-electron chi connectivity index (χ4n) is 8.30. The van der Waals surface area contributed by atoms with E-state index >= 15 is 0 Å². The molecular weight excluding hydrogens is 1120 g/mol. The van der Waals surface area contributed by atoms with Crippen LogP contribution in [-0.2, 0) is 74.2 Å². The number of nitrogens with one attached hydrogen (secondary N) is 2. The number of benzene rings is 2. The number of amides is 4. The lowest BCUT2D eigenvalue weighted by atomic mass is 10.0. The van der Waals surface area contributed by atoms with Crippen molar-refractivity contribution in [1.82, 2.24) is 49.5 Å². The third-order valence-corrected chi connectivity index (χ3v) is 13.0. The van der Waals surface area contributed by atoms with Gasteiger partial charge in [0.1, 0.15) is 43.3 Å². The number of hydrogen-bond acceptors (Lipinski definition) is 19. The molecule has 26 nitrogen and oxygen atoms in total. The van der Waals surface area contributed by atoms with Crippen LogP contribution in [0.1, 0.15) is 53.8 Å². The lowest BCUT2D eigenvalue weighted by Gasteiger charge is -2.16. The van der Waals surface area contributed by atoms with E-state index < -0.39 is 30.2 Å². The van der Waals surface area contributed by atoms with Gasteiger partial charge in [-0.2, -0.15) is 9.97 Å². The molecule has 0 bridgehead atoms. The predicted molar refractivity (Wildman–Crippen MR) is 322 cm³/mol. The fourth-order valence-corrected chi connectivity index (χ4v) is 8.30. The number of pyridine rings is 2. The smallest absolute Gasteiger partial charge is 0.407 e. The molecule has 4 amide bonds. The van der Waals surface area contributed by atoms with Crippen molar-refractivity contribution < 1.29 is 52.8 Å². The summed E-state index contributed by atoms with van der Waals surface area (Å²) in [5.74, 6) is -1.04.